The molecule has 1 amide bonds. The number of nitrogens with zero attached hydrogens (tertiary/aromatic N) is 1. The van der Waals surface area contributed by atoms with Crippen LogP contribution in [0, 0.1) is 6.92 Å². The van der Waals surface area contributed by atoms with Gasteiger partial charge in [0.1, 0.15) is 12.8 Å². The second-order valence-electron chi connectivity index (χ2n) is 7.26. The number of anilines is 1. The number of ether oxygens (including phenoxy) is 1. The van der Waals surface area contributed by atoms with Gasteiger partial charge in [0.25, 0.3) is 10.0 Å². The second-order valence-corrected chi connectivity index (χ2v) is 9.53. The number of hydrogen-bond donors (Lipinski definition) is 1. The maximum absolute atomic E-state index is 13.5. The molecule has 0 bridgehead atoms. The molecule has 7 nitrogen and oxygen atoms in total. The van der Waals surface area contributed by atoms with Crippen LogP contribution in [0.15, 0.2) is 71.6 Å². The first-order valence-electron chi connectivity index (χ1n) is 9.99. The van der Waals surface area contributed by atoms with Crippen molar-refractivity contribution in [1.29, 1.82) is 0 Å². The van der Waals surface area contributed by atoms with E-state index in [4.69, 9.17) is 16.3 Å². The predicted molar refractivity (Wildman–Crippen MR) is 127 cm³/mol. The van der Waals surface area contributed by atoms with Gasteiger partial charge < -0.3 is 10.1 Å². The molecule has 9 heteroatoms. The summed E-state index contributed by atoms with van der Waals surface area (Å²) in [5.74, 6) is -0.398. The summed E-state index contributed by atoms with van der Waals surface area (Å²) in [4.78, 5) is 23.8. The smallest absolute Gasteiger partial charge is 0.264 e. The van der Waals surface area contributed by atoms with Gasteiger partial charge in [0.2, 0.25) is 5.91 Å². The van der Waals surface area contributed by atoms with E-state index >= 15 is 0 Å². The minimum Gasteiger partial charge on any atom is -0.493 e. The van der Waals surface area contributed by atoms with Crippen LogP contribution in [0.25, 0.3) is 0 Å². The fourth-order valence-corrected chi connectivity index (χ4v) is 4.87. The zero-order valence-electron chi connectivity index (χ0n) is 18.1. The van der Waals surface area contributed by atoms with Crippen molar-refractivity contribution in [2.24, 2.45) is 0 Å². The van der Waals surface area contributed by atoms with Crippen LogP contribution in [0.1, 0.15) is 21.5 Å². The maximum atomic E-state index is 13.5. The van der Waals surface area contributed by atoms with E-state index in [0.29, 0.717) is 17.4 Å². The highest BCUT2D eigenvalue weighted by atomic mass is 35.5. The summed E-state index contributed by atoms with van der Waals surface area (Å²) in [6, 6.07) is 17.8. The molecule has 0 saturated heterocycles. The zero-order chi connectivity index (χ0) is 24.0. The monoisotopic (exact) mass is 486 g/mol. The number of hydrogen-bond acceptors (Lipinski definition) is 5. The molecule has 0 radical (unpaired) electrons. The van der Waals surface area contributed by atoms with Crippen molar-refractivity contribution < 1.29 is 22.7 Å². The van der Waals surface area contributed by atoms with Gasteiger partial charge in [0.05, 0.1) is 22.7 Å². The van der Waals surface area contributed by atoms with Gasteiger partial charge in [-0.25, -0.2) is 8.42 Å². The third-order valence-electron chi connectivity index (χ3n) is 4.89. The van der Waals surface area contributed by atoms with Crippen molar-refractivity contribution in [2.75, 3.05) is 18.0 Å². The lowest BCUT2D eigenvalue weighted by atomic mass is 10.1. The van der Waals surface area contributed by atoms with E-state index in [-0.39, 0.29) is 27.9 Å². The van der Waals surface area contributed by atoms with Crippen LogP contribution in [0.4, 0.5) is 5.69 Å². The normalized spacial score (nSPS) is 11.0. The number of carbonyl (C=O) groups is 2. The summed E-state index contributed by atoms with van der Waals surface area (Å²) in [6.45, 7) is 1.48. The molecule has 3 rings (SSSR count). The van der Waals surface area contributed by atoms with Crippen LogP contribution in [0.5, 0.6) is 5.75 Å². The minimum absolute atomic E-state index is 0.0293. The van der Waals surface area contributed by atoms with E-state index in [9.17, 15) is 18.0 Å². The number of benzene rings is 3. The Morgan fingerprint density at radius 2 is 1.79 bits per heavy atom. The lowest BCUT2D eigenvalue weighted by Crippen LogP contribution is -2.40. The molecule has 0 unspecified atom stereocenters. The van der Waals surface area contributed by atoms with Gasteiger partial charge in [-0.3, -0.25) is 13.9 Å². The molecule has 0 saturated carbocycles. The van der Waals surface area contributed by atoms with E-state index in [2.05, 4.69) is 5.32 Å². The lowest BCUT2D eigenvalue weighted by Gasteiger charge is -2.26. The van der Waals surface area contributed by atoms with Crippen LogP contribution < -0.4 is 14.4 Å². The molecule has 3 aromatic rings. The molecule has 0 spiro atoms. The fourth-order valence-electron chi connectivity index (χ4n) is 3.20. The first-order valence-corrected chi connectivity index (χ1v) is 11.8. The van der Waals surface area contributed by atoms with Gasteiger partial charge in [-0.05, 0) is 42.8 Å². The molecular formula is C24H23ClN2O5S. The highest BCUT2D eigenvalue weighted by Gasteiger charge is 2.30. The van der Waals surface area contributed by atoms with Gasteiger partial charge >= 0.3 is 0 Å². The van der Waals surface area contributed by atoms with Crippen molar-refractivity contribution in [2.45, 2.75) is 18.4 Å². The number of methoxy groups -OCH3 is 1. The first kappa shape index (κ1) is 24.3. The Morgan fingerprint density at radius 3 is 2.45 bits per heavy atom. The largest absolute Gasteiger partial charge is 0.493 e. The van der Waals surface area contributed by atoms with Crippen molar-refractivity contribution in [3.05, 3.63) is 88.4 Å². The predicted octanol–water partition coefficient (Wildman–Crippen LogP) is 3.98. The Morgan fingerprint density at radius 1 is 1.09 bits per heavy atom. The summed E-state index contributed by atoms with van der Waals surface area (Å²) in [7, 11) is -2.74. The van der Waals surface area contributed by atoms with Crippen molar-refractivity contribution in [3.63, 3.8) is 0 Å². The molecule has 1 N–H and O–H groups in total. The third-order valence-corrected chi connectivity index (χ3v) is 6.96. The maximum Gasteiger partial charge on any atom is 0.264 e. The Balaban J connectivity index is 1.93. The van der Waals surface area contributed by atoms with Crippen molar-refractivity contribution >= 4 is 39.5 Å². The summed E-state index contributed by atoms with van der Waals surface area (Å²) >= 11 is 6.22. The van der Waals surface area contributed by atoms with E-state index in [1.54, 1.807) is 48.5 Å². The number of nitrogens with one attached hydrogen (secondary N) is 1. The minimum atomic E-state index is -4.12. The SMILES string of the molecule is COc1c(Cl)cccc1N(CC(=O)NCc1cccc(C=O)c1)S(=O)(=O)c1ccc(C)cc1. The van der Waals surface area contributed by atoms with E-state index in [0.717, 1.165) is 9.87 Å². The van der Waals surface area contributed by atoms with Crippen LogP contribution in [0.2, 0.25) is 5.02 Å². The number of para-hydroxylation sites is 1. The fraction of sp³-hybridized carbons (Fsp3) is 0.167. The Hall–Kier alpha value is -3.36. The molecule has 33 heavy (non-hydrogen) atoms. The molecule has 0 aliphatic carbocycles. The summed E-state index contributed by atoms with van der Waals surface area (Å²) in [6.07, 6.45) is 0.715. The molecule has 0 aliphatic heterocycles. The second kappa shape index (κ2) is 10.5. The van der Waals surface area contributed by atoms with E-state index < -0.39 is 22.5 Å². The molecule has 3 aromatic carbocycles. The van der Waals surface area contributed by atoms with Gasteiger partial charge in [0, 0.05) is 12.1 Å². The molecule has 0 heterocycles. The standard InChI is InChI=1S/C24H23ClN2O5S/c1-17-9-11-20(12-10-17)33(30,31)27(22-8-4-7-21(25)24(22)32-2)15-23(29)26-14-18-5-3-6-19(13-18)16-28/h3-13,16H,14-15H2,1-2H3,(H,26,29). The average Bonchev–Trinajstić information content (AvgIpc) is 2.81. The Labute approximate surface area is 198 Å². The van der Waals surface area contributed by atoms with Gasteiger partial charge in [0.15, 0.2) is 5.75 Å². The molecule has 172 valence electrons. The van der Waals surface area contributed by atoms with E-state index in [1.807, 2.05) is 6.92 Å². The van der Waals surface area contributed by atoms with Crippen LogP contribution in [-0.2, 0) is 21.4 Å². The summed E-state index contributed by atoms with van der Waals surface area (Å²) in [5.41, 5.74) is 2.23. The highest BCUT2D eigenvalue weighted by molar-refractivity contribution is 7.92. The number of aryl methyl sites for hydroxylation is 1. The Kier molecular flexibility index (Phi) is 7.73. The van der Waals surface area contributed by atoms with Gasteiger partial charge in [-0.15, -0.1) is 0 Å². The lowest BCUT2D eigenvalue weighted by molar-refractivity contribution is -0.119. The number of amides is 1. The molecule has 0 aromatic heterocycles. The van der Waals surface area contributed by atoms with Crippen LogP contribution in [0.3, 0.4) is 0 Å². The quantitative estimate of drug-likeness (QED) is 0.462. The number of sulfonamides is 1. The summed E-state index contributed by atoms with van der Waals surface area (Å²) in [5, 5.41) is 2.91. The van der Waals surface area contributed by atoms with Crippen molar-refractivity contribution in [1.82, 2.24) is 5.32 Å². The van der Waals surface area contributed by atoms with Crippen LogP contribution >= 0.6 is 11.6 Å². The molecular weight excluding hydrogens is 464 g/mol. The van der Waals surface area contributed by atoms with Crippen LogP contribution in [-0.4, -0.2) is 34.3 Å². The Bertz CT molecular complexity index is 1260. The topological polar surface area (TPSA) is 92.8 Å². The molecule has 0 fully saturated rings. The molecule has 0 atom stereocenters. The third kappa shape index (κ3) is 5.71. The summed E-state index contributed by atoms with van der Waals surface area (Å²) < 4.78 is 33.4. The van der Waals surface area contributed by atoms with E-state index in [1.165, 1.54) is 25.3 Å². The highest BCUT2D eigenvalue weighted by Crippen LogP contribution is 2.37. The van der Waals surface area contributed by atoms with Gasteiger partial charge in [-0.1, -0.05) is 53.6 Å². The number of carbonyl (C=O) groups excluding carboxylic acids is 2. The average molecular weight is 487 g/mol. The number of halogens is 1. The number of rotatable bonds is 9. The zero-order valence-corrected chi connectivity index (χ0v) is 19.7. The van der Waals surface area contributed by atoms with Crippen molar-refractivity contribution in [3.8, 4) is 5.75 Å². The number of aldehydes is 1. The van der Waals surface area contributed by atoms with Gasteiger partial charge in [-0.2, -0.15) is 0 Å². The first-order chi connectivity index (χ1) is 15.8. The molecule has 0 aliphatic rings.